The van der Waals surface area contributed by atoms with Crippen LogP contribution in [0.3, 0.4) is 0 Å². The Morgan fingerprint density at radius 2 is 1.88 bits per heavy atom. The molecule has 1 aromatic carbocycles. The van der Waals surface area contributed by atoms with Crippen LogP contribution in [-0.2, 0) is 7.05 Å². The summed E-state index contributed by atoms with van der Waals surface area (Å²) in [4.78, 5) is 14.4. The van der Waals surface area contributed by atoms with Gasteiger partial charge >= 0.3 is 0 Å². The molecule has 0 aliphatic rings. The highest BCUT2D eigenvalue weighted by Crippen LogP contribution is 2.29. The molecular weight excluding hydrogens is 323 g/mol. The average Bonchev–Trinajstić information content (AvgIpc) is 3.11. The number of aromatic nitrogens is 2. The highest BCUT2D eigenvalue weighted by molar-refractivity contribution is 7.16. The number of thiophene rings is 1. The van der Waals surface area contributed by atoms with Crippen LogP contribution < -0.4 is 0 Å². The van der Waals surface area contributed by atoms with E-state index in [2.05, 4.69) is 5.10 Å². The van der Waals surface area contributed by atoms with Crippen molar-refractivity contribution in [2.75, 3.05) is 0 Å². The minimum absolute atomic E-state index is 0.0465. The second-order valence-corrected chi connectivity index (χ2v) is 6.69. The number of benzene rings is 1. The summed E-state index contributed by atoms with van der Waals surface area (Å²) in [5.74, 6) is -0.293. The van der Waals surface area contributed by atoms with Gasteiger partial charge in [0.2, 0.25) is 0 Å². The molecule has 3 aromatic rings. The van der Waals surface area contributed by atoms with Crippen LogP contribution in [0.15, 0.2) is 42.5 Å². The van der Waals surface area contributed by atoms with Crippen LogP contribution in [0.1, 0.15) is 26.6 Å². The molecule has 0 amide bonds. The molecule has 2 aromatic heterocycles. The van der Waals surface area contributed by atoms with E-state index in [4.69, 9.17) is 0 Å². The van der Waals surface area contributed by atoms with Crippen LogP contribution >= 0.6 is 11.3 Å². The molecule has 3 nitrogen and oxygen atoms in total. The van der Waals surface area contributed by atoms with Crippen molar-refractivity contribution in [1.29, 1.82) is 0 Å². The maximum atomic E-state index is 13.0. The number of hydrogen-bond acceptors (Lipinski definition) is 3. The van der Waals surface area contributed by atoms with E-state index in [-0.39, 0.29) is 11.6 Å². The van der Waals surface area contributed by atoms with E-state index < -0.39 is 0 Å². The Morgan fingerprint density at radius 3 is 2.50 bits per heavy atom. The third-order valence-corrected chi connectivity index (χ3v) is 5.01. The van der Waals surface area contributed by atoms with Gasteiger partial charge in [-0.05, 0) is 55.8 Å². The number of carbonyl (C=O) groups is 1. The van der Waals surface area contributed by atoms with Gasteiger partial charge in [-0.15, -0.1) is 11.3 Å². The molecule has 122 valence electrons. The van der Waals surface area contributed by atoms with Crippen LogP contribution in [0.4, 0.5) is 4.39 Å². The Balaban J connectivity index is 1.80. The van der Waals surface area contributed by atoms with Gasteiger partial charge in [0.05, 0.1) is 11.3 Å². The third kappa shape index (κ3) is 3.21. The fraction of sp³-hybridized carbons (Fsp3) is 0.158. The van der Waals surface area contributed by atoms with Crippen molar-refractivity contribution in [3.63, 3.8) is 0 Å². The van der Waals surface area contributed by atoms with Crippen molar-refractivity contribution in [1.82, 2.24) is 9.78 Å². The Hall–Kier alpha value is -2.53. The predicted molar refractivity (Wildman–Crippen MR) is 95.8 cm³/mol. The molecule has 0 saturated carbocycles. The quantitative estimate of drug-likeness (QED) is 0.505. The van der Waals surface area contributed by atoms with Crippen molar-refractivity contribution in [3.8, 4) is 10.4 Å². The topological polar surface area (TPSA) is 34.9 Å². The van der Waals surface area contributed by atoms with Crippen molar-refractivity contribution >= 4 is 23.2 Å². The van der Waals surface area contributed by atoms with Gasteiger partial charge in [-0.3, -0.25) is 9.48 Å². The van der Waals surface area contributed by atoms with Crippen molar-refractivity contribution in [2.24, 2.45) is 7.05 Å². The van der Waals surface area contributed by atoms with E-state index in [9.17, 15) is 9.18 Å². The number of nitrogens with zero attached hydrogens (tertiary/aromatic N) is 2. The molecule has 0 atom stereocenters. The molecule has 3 rings (SSSR count). The van der Waals surface area contributed by atoms with Gasteiger partial charge in [0.25, 0.3) is 0 Å². The van der Waals surface area contributed by atoms with Gasteiger partial charge in [-0.2, -0.15) is 5.10 Å². The summed E-state index contributed by atoms with van der Waals surface area (Å²) in [5, 5.41) is 4.27. The normalized spacial score (nSPS) is 11.3. The lowest BCUT2D eigenvalue weighted by molar-refractivity contribution is 0.104. The van der Waals surface area contributed by atoms with Crippen molar-refractivity contribution in [2.45, 2.75) is 13.8 Å². The molecule has 0 radical (unpaired) electrons. The van der Waals surface area contributed by atoms with E-state index >= 15 is 0 Å². The molecule has 0 saturated heterocycles. The molecule has 24 heavy (non-hydrogen) atoms. The Labute approximate surface area is 144 Å². The fourth-order valence-electron chi connectivity index (χ4n) is 2.58. The average molecular weight is 340 g/mol. The van der Waals surface area contributed by atoms with Gasteiger partial charge in [-0.1, -0.05) is 12.1 Å². The maximum Gasteiger partial charge on any atom is 0.189 e. The fourth-order valence-corrected chi connectivity index (χ4v) is 3.50. The molecular formula is C19H17FN2OS. The van der Waals surface area contributed by atoms with Crippen LogP contribution in [0.5, 0.6) is 0 Å². The highest BCUT2D eigenvalue weighted by Gasteiger charge is 2.14. The van der Waals surface area contributed by atoms with Gasteiger partial charge in [0.15, 0.2) is 5.78 Å². The maximum absolute atomic E-state index is 13.0. The first-order valence-corrected chi connectivity index (χ1v) is 8.36. The number of hydrogen-bond donors (Lipinski definition) is 0. The minimum Gasteiger partial charge on any atom is -0.289 e. The zero-order valence-corrected chi connectivity index (χ0v) is 14.5. The van der Waals surface area contributed by atoms with E-state index in [1.54, 1.807) is 34.2 Å². The number of carbonyl (C=O) groups excluding carboxylic acids is 1. The molecule has 5 heteroatoms. The van der Waals surface area contributed by atoms with Crippen LogP contribution in [0, 0.1) is 19.7 Å². The molecule has 0 aliphatic heterocycles. The lowest BCUT2D eigenvalue weighted by atomic mass is 10.1. The summed E-state index contributed by atoms with van der Waals surface area (Å²) in [7, 11) is 1.83. The Kier molecular flexibility index (Phi) is 4.44. The molecule has 0 fully saturated rings. The van der Waals surface area contributed by atoms with Gasteiger partial charge in [0.1, 0.15) is 5.82 Å². The van der Waals surface area contributed by atoms with Crippen LogP contribution in [0.2, 0.25) is 0 Å². The van der Waals surface area contributed by atoms with Gasteiger partial charge < -0.3 is 0 Å². The number of rotatable bonds is 4. The molecule has 2 heterocycles. The van der Waals surface area contributed by atoms with Crippen molar-refractivity contribution in [3.05, 3.63) is 70.1 Å². The number of halogens is 1. The minimum atomic E-state index is -0.247. The summed E-state index contributed by atoms with van der Waals surface area (Å²) >= 11 is 1.56. The second-order valence-electron chi connectivity index (χ2n) is 5.58. The number of allylic oxidation sites excluding steroid dienone is 1. The smallest absolute Gasteiger partial charge is 0.189 e. The van der Waals surface area contributed by atoms with Gasteiger partial charge in [-0.25, -0.2) is 4.39 Å². The van der Waals surface area contributed by atoms with E-state index in [1.807, 2.05) is 39.1 Å². The summed E-state index contributed by atoms with van der Waals surface area (Å²) < 4.78 is 14.7. The number of ketones is 1. The zero-order valence-electron chi connectivity index (χ0n) is 13.7. The van der Waals surface area contributed by atoms with Gasteiger partial charge in [0, 0.05) is 22.5 Å². The first kappa shape index (κ1) is 16.3. The third-order valence-electron chi connectivity index (χ3n) is 3.91. The predicted octanol–water partition coefficient (Wildman–Crippen LogP) is 4.80. The highest BCUT2D eigenvalue weighted by atomic mass is 32.1. The molecule has 0 unspecified atom stereocenters. The van der Waals surface area contributed by atoms with Crippen molar-refractivity contribution < 1.29 is 9.18 Å². The Morgan fingerprint density at radius 1 is 1.17 bits per heavy atom. The lowest BCUT2D eigenvalue weighted by Gasteiger charge is -1.97. The summed E-state index contributed by atoms with van der Waals surface area (Å²) in [6, 6.07) is 10.3. The molecule has 0 bridgehead atoms. The standard InChI is InChI=1S/C19H17FN2OS/c1-12-19(13(2)22(3)21-12)17(23)10-8-16-9-11-18(24-16)14-4-6-15(20)7-5-14/h4-11H,1-3H3/b10-8+. The SMILES string of the molecule is Cc1nn(C)c(C)c1C(=O)/C=C/c1ccc(-c2ccc(F)cc2)s1. The van der Waals surface area contributed by atoms with E-state index in [0.29, 0.717) is 5.56 Å². The van der Waals surface area contributed by atoms with E-state index in [1.165, 1.54) is 12.1 Å². The summed E-state index contributed by atoms with van der Waals surface area (Å²) in [6.45, 7) is 3.73. The second kappa shape index (κ2) is 6.53. The first-order valence-electron chi connectivity index (χ1n) is 7.54. The summed E-state index contributed by atoms with van der Waals surface area (Å²) in [6.07, 6.45) is 3.39. The summed E-state index contributed by atoms with van der Waals surface area (Å²) in [5.41, 5.74) is 3.22. The molecule has 0 aliphatic carbocycles. The molecule has 0 spiro atoms. The first-order chi connectivity index (χ1) is 11.5. The van der Waals surface area contributed by atoms with E-state index in [0.717, 1.165) is 26.7 Å². The number of aryl methyl sites for hydroxylation is 2. The van der Waals surface area contributed by atoms with Crippen LogP contribution in [-0.4, -0.2) is 15.6 Å². The largest absolute Gasteiger partial charge is 0.289 e. The molecule has 0 N–H and O–H groups in total. The Bertz CT molecular complexity index is 919. The lowest BCUT2D eigenvalue weighted by Crippen LogP contribution is -1.99. The van der Waals surface area contributed by atoms with Crippen LogP contribution in [0.25, 0.3) is 16.5 Å². The monoisotopic (exact) mass is 340 g/mol. The zero-order chi connectivity index (χ0) is 17.3.